The lowest BCUT2D eigenvalue weighted by Crippen LogP contribution is -2.65. The summed E-state index contributed by atoms with van der Waals surface area (Å²) in [7, 11) is -4.46. The zero-order valence-electron chi connectivity index (χ0n) is 22.4. The van der Waals surface area contributed by atoms with E-state index in [9.17, 15) is 10.2 Å². The van der Waals surface area contributed by atoms with Gasteiger partial charge in [0.2, 0.25) is 0 Å². The number of aliphatic hydroxyl groups excluding tert-OH is 2. The molecule has 0 aliphatic carbocycles. The zero-order valence-corrected chi connectivity index (χ0v) is 25.2. The summed E-state index contributed by atoms with van der Waals surface area (Å²) in [6.07, 6.45) is -2.71. The second-order valence-corrected chi connectivity index (χ2v) is 23.0. The van der Waals surface area contributed by atoms with Gasteiger partial charge >= 0.3 is 0 Å². The van der Waals surface area contributed by atoms with Crippen molar-refractivity contribution in [2.24, 2.45) is 0 Å². The fourth-order valence-corrected chi connectivity index (χ4v) is 6.98. The average Bonchev–Trinajstić information content (AvgIpc) is 2.66. The monoisotopic (exact) mass is 514 g/mol. The van der Waals surface area contributed by atoms with E-state index in [4.69, 9.17) is 13.6 Å². The first-order valence-corrected chi connectivity index (χ1v) is 18.6. The van der Waals surface area contributed by atoms with Crippen LogP contribution in [-0.2, 0) is 13.6 Å². The molecule has 2 rings (SSSR count). The molecular weight excluding hydrogens is 469 g/mol. The minimum Gasteiger partial charge on any atom is -0.408 e. The van der Waals surface area contributed by atoms with Gasteiger partial charge in [-0.3, -0.25) is 0 Å². The number of hydrogen-bond acceptors (Lipinski definition) is 6. The molecule has 0 spiro atoms. The van der Waals surface area contributed by atoms with Crippen LogP contribution >= 0.6 is 11.8 Å². The number of hydrogen-bond donors (Lipinski definition) is 2. The fraction of sp³-hybridized carbons (Fsp3) is 0.760. The van der Waals surface area contributed by atoms with Crippen molar-refractivity contribution < 1.29 is 23.8 Å². The predicted octanol–water partition coefficient (Wildman–Crippen LogP) is 5.95. The number of benzene rings is 1. The van der Waals surface area contributed by atoms with Crippen LogP contribution in [0.3, 0.4) is 0 Å². The third-order valence-electron chi connectivity index (χ3n) is 7.55. The maximum atomic E-state index is 11.3. The van der Waals surface area contributed by atoms with Crippen LogP contribution in [0, 0.1) is 6.92 Å². The Balaban J connectivity index is 2.51. The van der Waals surface area contributed by atoms with Crippen molar-refractivity contribution in [3.63, 3.8) is 0 Å². The summed E-state index contributed by atoms with van der Waals surface area (Å²) in [5.41, 5.74) is 0.790. The second-order valence-electron chi connectivity index (χ2n) is 12.3. The van der Waals surface area contributed by atoms with Crippen molar-refractivity contribution in [2.45, 2.75) is 119 Å². The minimum absolute atomic E-state index is 0.00756. The van der Waals surface area contributed by atoms with Crippen molar-refractivity contribution in [1.82, 2.24) is 0 Å². The second kappa shape index (κ2) is 10.4. The Morgan fingerprint density at radius 1 is 0.879 bits per heavy atom. The van der Waals surface area contributed by atoms with Gasteiger partial charge in [0, 0.05) is 4.90 Å². The largest absolute Gasteiger partial charge is 0.408 e. The van der Waals surface area contributed by atoms with Gasteiger partial charge in [-0.15, -0.1) is 0 Å². The number of aryl methyl sites for hydroxylation is 1. The van der Waals surface area contributed by atoms with E-state index in [-0.39, 0.29) is 16.7 Å². The molecular formula is C25H46O5SSi2. The standard InChI is InChI=1S/C25H46O5SSi2/c1-17-12-14-18(15-13-17)31-23-22(30-33(10,11)25(5,6)7)21(20(27)19(16-26)28-23)29-32(8,9)24(2,3)4/h12-15,19-23,26-27H,16H2,1-11H3/t19-,20-,21+,22-,23+/m1/s1. The van der Waals surface area contributed by atoms with Crippen LogP contribution in [0.15, 0.2) is 29.2 Å². The van der Waals surface area contributed by atoms with Gasteiger partial charge in [-0.1, -0.05) is 71.0 Å². The highest BCUT2D eigenvalue weighted by molar-refractivity contribution is 7.99. The van der Waals surface area contributed by atoms with Gasteiger partial charge in [0.1, 0.15) is 29.9 Å². The lowest BCUT2D eigenvalue weighted by atomic mass is 10.0. The molecule has 1 aromatic rings. The molecule has 0 bridgehead atoms. The molecule has 2 N–H and O–H groups in total. The first-order valence-electron chi connectivity index (χ1n) is 11.9. The summed E-state index contributed by atoms with van der Waals surface area (Å²) in [6.45, 7) is 23.8. The Labute approximate surface area is 207 Å². The van der Waals surface area contributed by atoms with Crippen LogP contribution in [-0.4, -0.2) is 63.3 Å². The van der Waals surface area contributed by atoms with E-state index in [0.717, 1.165) is 4.90 Å². The van der Waals surface area contributed by atoms with Gasteiger partial charge in [-0.2, -0.15) is 0 Å². The van der Waals surface area contributed by atoms with E-state index >= 15 is 0 Å². The van der Waals surface area contributed by atoms with Gasteiger partial charge in [-0.05, 0) is 55.3 Å². The Morgan fingerprint density at radius 3 is 1.76 bits per heavy atom. The number of ether oxygens (including phenoxy) is 1. The van der Waals surface area contributed by atoms with Crippen molar-refractivity contribution in [2.75, 3.05) is 6.61 Å². The maximum Gasteiger partial charge on any atom is 0.192 e. The number of aliphatic hydroxyl groups is 2. The Bertz CT molecular complexity index is 770. The molecule has 1 saturated heterocycles. The smallest absolute Gasteiger partial charge is 0.192 e. The topological polar surface area (TPSA) is 68.2 Å². The molecule has 1 heterocycles. The highest BCUT2D eigenvalue weighted by Crippen LogP contribution is 2.45. The lowest BCUT2D eigenvalue weighted by molar-refractivity contribution is -0.197. The molecule has 1 aromatic carbocycles. The normalized spacial score (nSPS) is 27.6. The molecule has 190 valence electrons. The van der Waals surface area contributed by atoms with Crippen LogP contribution in [0.25, 0.3) is 0 Å². The molecule has 0 saturated carbocycles. The summed E-state index contributed by atoms with van der Waals surface area (Å²) in [5.74, 6) is 0. The zero-order chi connectivity index (χ0) is 25.4. The van der Waals surface area contributed by atoms with Crippen LogP contribution in [0.5, 0.6) is 0 Å². The minimum atomic E-state index is -2.24. The highest BCUT2D eigenvalue weighted by Gasteiger charge is 2.53. The summed E-state index contributed by atoms with van der Waals surface area (Å²) in [5, 5.41) is 21.3. The number of thioether (sulfide) groups is 1. The van der Waals surface area contributed by atoms with E-state index in [0.29, 0.717) is 0 Å². The van der Waals surface area contributed by atoms with Crippen LogP contribution in [0.1, 0.15) is 47.1 Å². The van der Waals surface area contributed by atoms with Gasteiger partial charge in [0.05, 0.1) is 6.61 Å². The van der Waals surface area contributed by atoms with E-state index < -0.39 is 46.5 Å². The molecule has 0 unspecified atom stereocenters. The van der Waals surface area contributed by atoms with Gasteiger partial charge in [-0.25, -0.2) is 0 Å². The number of rotatable bonds is 7. The summed E-state index contributed by atoms with van der Waals surface area (Å²) < 4.78 is 20.0. The molecule has 5 nitrogen and oxygen atoms in total. The molecule has 1 fully saturated rings. The van der Waals surface area contributed by atoms with Gasteiger partial charge in [0.25, 0.3) is 0 Å². The van der Waals surface area contributed by atoms with E-state index in [1.165, 1.54) is 5.56 Å². The van der Waals surface area contributed by atoms with Crippen molar-refractivity contribution in [1.29, 1.82) is 0 Å². The Morgan fingerprint density at radius 2 is 1.33 bits per heavy atom. The molecule has 0 aromatic heterocycles. The third-order valence-corrected chi connectivity index (χ3v) is 17.6. The molecule has 1 aliphatic heterocycles. The third kappa shape index (κ3) is 6.94. The molecule has 5 atom stereocenters. The van der Waals surface area contributed by atoms with Gasteiger partial charge in [0.15, 0.2) is 16.6 Å². The average molecular weight is 515 g/mol. The predicted molar refractivity (Wildman–Crippen MR) is 143 cm³/mol. The fourth-order valence-electron chi connectivity index (χ4n) is 3.18. The van der Waals surface area contributed by atoms with E-state index in [1.807, 2.05) is 0 Å². The summed E-state index contributed by atoms with van der Waals surface area (Å²) >= 11 is 1.58. The SMILES string of the molecule is Cc1ccc(S[C@@H]2O[C@H](CO)[C@@H](O)[C@H](O[Si](C)(C)C(C)(C)C)[C@H]2O[Si](C)(C)C(C)(C)C)cc1. The molecule has 0 amide bonds. The van der Waals surface area contributed by atoms with Gasteiger partial charge < -0.3 is 23.8 Å². The van der Waals surface area contributed by atoms with E-state index in [1.54, 1.807) is 11.8 Å². The van der Waals surface area contributed by atoms with E-state index in [2.05, 4.69) is 98.9 Å². The molecule has 1 aliphatic rings. The maximum absolute atomic E-state index is 11.3. The Kier molecular flexibility index (Phi) is 9.17. The van der Waals surface area contributed by atoms with Crippen LogP contribution in [0.2, 0.25) is 36.3 Å². The lowest BCUT2D eigenvalue weighted by Gasteiger charge is -2.51. The van der Waals surface area contributed by atoms with Crippen LogP contribution in [0.4, 0.5) is 0 Å². The summed E-state index contributed by atoms with van der Waals surface area (Å²) in [4.78, 5) is 1.06. The highest BCUT2D eigenvalue weighted by atomic mass is 32.2. The van der Waals surface area contributed by atoms with Crippen molar-refractivity contribution >= 4 is 28.4 Å². The molecule has 0 radical (unpaired) electrons. The quantitative estimate of drug-likeness (QED) is 0.439. The van der Waals surface area contributed by atoms with Crippen molar-refractivity contribution in [3.05, 3.63) is 29.8 Å². The first kappa shape index (κ1) is 29.0. The molecule has 8 heteroatoms. The Hall–Kier alpha value is -0.196. The summed E-state index contributed by atoms with van der Waals surface area (Å²) in [6, 6.07) is 8.32. The van der Waals surface area contributed by atoms with Crippen molar-refractivity contribution in [3.8, 4) is 0 Å². The first-order chi connectivity index (χ1) is 14.9. The molecule has 33 heavy (non-hydrogen) atoms. The van der Waals surface area contributed by atoms with Crippen LogP contribution < -0.4 is 0 Å².